The van der Waals surface area contributed by atoms with Crippen molar-refractivity contribution in [3.8, 4) is 11.5 Å². The minimum atomic E-state index is -0.171. The highest BCUT2D eigenvalue weighted by molar-refractivity contribution is 5.75. The van der Waals surface area contributed by atoms with Crippen molar-refractivity contribution in [2.75, 3.05) is 20.2 Å². The van der Waals surface area contributed by atoms with Gasteiger partial charge in [-0.3, -0.25) is 4.79 Å². The number of aromatic hydroxyl groups is 1. The van der Waals surface area contributed by atoms with Gasteiger partial charge in [-0.2, -0.15) is 0 Å². The number of carbonyl (C=O) groups excluding carboxylic acids is 2. The Balaban J connectivity index is 1.86. The molecule has 0 aliphatic carbocycles. The second-order valence-corrected chi connectivity index (χ2v) is 5.65. The van der Waals surface area contributed by atoms with Gasteiger partial charge in [0.25, 0.3) is 0 Å². The van der Waals surface area contributed by atoms with Crippen molar-refractivity contribution in [1.82, 2.24) is 15.5 Å². The van der Waals surface area contributed by atoms with Gasteiger partial charge in [-0.1, -0.05) is 6.07 Å². The summed E-state index contributed by atoms with van der Waals surface area (Å²) < 4.78 is 4.98. The Morgan fingerprint density at radius 2 is 2.22 bits per heavy atom. The third-order valence-electron chi connectivity index (χ3n) is 3.80. The maximum Gasteiger partial charge on any atom is 0.317 e. The van der Waals surface area contributed by atoms with Crippen molar-refractivity contribution >= 4 is 11.9 Å². The van der Waals surface area contributed by atoms with Gasteiger partial charge < -0.3 is 25.4 Å². The molecule has 1 aliphatic rings. The van der Waals surface area contributed by atoms with E-state index in [4.69, 9.17) is 4.74 Å². The molecule has 1 heterocycles. The molecule has 0 aromatic heterocycles. The molecule has 0 spiro atoms. The Morgan fingerprint density at radius 3 is 2.87 bits per heavy atom. The van der Waals surface area contributed by atoms with E-state index in [0.717, 1.165) is 18.4 Å². The Labute approximate surface area is 135 Å². The van der Waals surface area contributed by atoms with Crippen LogP contribution in [0.4, 0.5) is 4.79 Å². The standard InChI is InChI=1S/C16H23N3O4/c1-11(20)18-13-4-3-7-19(10-13)16(22)17-9-12-5-6-15(23-2)14(21)8-12/h5-6,8,13,21H,3-4,7,9-10H2,1-2H3,(H,17,22)(H,18,20)/t13-/m1/s1. The topological polar surface area (TPSA) is 90.9 Å². The number of nitrogens with one attached hydrogen (secondary N) is 2. The molecule has 0 bridgehead atoms. The van der Waals surface area contributed by atoms with Crippen LogP contribution in [0.1, 0.15) is 25.3 Å². The zero-order chi connectivity index (χ0) is 16.8. The monoisotopic (exact) mass is 321 g/mol. The number of benzene rings is 1. The van der Waals surface area contributed by atoms with E-state index >= 15 is 0 Å². The quantitative estimate of drug-likeness (QED) is 0.777. The van der Waals surface area contributed by atoms with Crippen molar-refractivity contribution in [2.45, 2.75) is 32.4 Å². The number of urea groups is 1. The number of phenolic OH excluding ortho intramolecular Hbond substituents is 1. The lowest BCUT2D eigenvalue weighted by Crippen LogP contribution is -2.51. The molecule has 7 heteroatoms. The van der Waals surface area contributed by atoms with Gasteiger partial charge in [0.15, 0.2) is 11.5 Å². The van der Waals surface area contributed by atoms with Gasteiger partial charge in [0.05, 0.1) is 7.11 Å². The van der Waals surface area contributed by atoms with E-state index in [2.05, 4.69) is 10.6 Å². The molecular formula is C16H23N3O4. The molecule has 1 aromatic rings. The number of rotatable bonds is 4. The van der Waals surface area contributed by atoms with Crippen LogP contribution in [0, 0.1) is 0 Å². The normalized spacial score (nSPS) is 17.5. The molecule has 126 valence electrons. The first-order chi connectivity index (χ1) is 11.0. The minimum Gasteiger partial charge on any atom is -0.504 e. The number of likely N-dealkylation sites (tertiary alicyclic amines) is 1. The summed E-state index contributed by atoms with van der Waals surface area (Å²) in [5.41, 5.74) is 0.784. The summed E-state index contributed by atoms with van der Waals surface area (Å²) in [4.78, 5) is 25.0. The maximum absolute atomic E-state index is 12.2. The van der Waals surface area contributed by atoms with Crippen molar-refractivity contribution in [1.29, 1.82) is 0 Å². The molecule has 23 heavy (non-hydrogen) atoms. The summed E-state index contributed by atoms with van der Waals surface area (Å²) in [5.74, 6) is 0.364. The first-order valence-corrected chi connectivity index (χ1v) is 7.65. The van der Waals surface area contributed by atoms with Crippen LogP contribution >= 0.6 is 0 Å². The van der Waals surface area contributed by atoms with E-state index < -0.39 is 0 Å². The zero-order valence-electron chi connectivity index (χ0n) is 13.5. The van der Waals surface area contributed by atoms with Gasteiger partial charge in [-0.25, -0.2) is 4.79 Å². The minimum absolute atomic E-state index is 0.0111. The van der Waals surface area contributed by atoms with Gasteiger partial charge in [-0.05, 0) is 30.5 Å². The predicted octanol–water partition coefficient (Wildman–Crippen LogP) is 1.21. The molecule has 1 saturated heterocycles. The summed E-state index contributed by atoms with van der Waals surface area (Å²) in [6.45, 7) is 2.99. The molecule has 1 aromatic carbocycles. The lowest BCUT2D eigenvalue weighted by molar-refractivity contribution is -0.119. The summed E-state index contributed by atoms with van der Waals surface area (Å²) in [6, 6.07) is 4.85. The van der Waals surface area contributed by atoms with E-state index in [9.17, 15) is 14.7 Å². The number of amides is 3. The fourth-order valence-corrected chi connectivity index (χ4v) is 2.70. The molecule has 1 atom stereocenters. The summed E-state index contributed by atoms with van der Waals surface area (Å²) in [5, 5.41) is 15.4. The van der Waals surface area contributed by atoms with Gasteiger partial charge in [-0.15, -0.1) is 0 Å². The first-order valence-electron chi connectivity index (χ1n) is 7.65. The molecule has 3 amide bonds. The average molecular weight is 321 g/mol. The van der Waals surface area contributed by atoms with E-state index in [1.165, 1.54) is 14.0 Å². The van der Waals surface area contributed by atoms with E-state index in [0.29, 0.717) is 25.4 Å². The largest absolute Gasteiger partial charge is 0.504 e. The first kappa shape index (κ1) is 16.9. The lowest BCUT2D eigenvalue weighted by Gasteiger charge is -2.33. The summed E-state index contributed by atoms with van der Waals surface area (Å²) in [6.07, 6.45) is 1.75. The lowest BCUT2D eigenvalue weighted by atomic mass is 10.1. The molecule has 1 aliphatic heterocycles. The highest BCUT2D eigenvalue weighted by Crippen LogP contribution is 2.26. The average Bonchev–Trinajstić information content (AvgIpc) is 2.52. The zero-order valence-corrected chi connectivity index (χ0v) is 13.5. The van der Waals surface area contributed by atoms with E-state index in [1.807, 2.05) is 0 Å². The van der Waals surface area contributed by atoms with Gasteiger partial charge in [0.1, 0.15) is 0 Å². The number of hydrogen-bond donors (Lipinski definition) is 3. The van der Waals surface area contributed by atoms with Crippen molar-refractivity contribution in [3.63, 3.8) is 0 Å². The molecule has 0 unspecified atom stereocenters. The number of ether oxygens (including phenoxy) is 1. The third kappa shape index (κ3) is 4.77. The van der Waals surface area contributed by atoms with E-state index in [1.54, 1.807) is 23.1 Å². The molecule has 1 fully saturated rings. The van der Waals surface area contributed by atoms with Gasteiger partial charge in [0, 0.05) is 32.6 Å². The van der Waals surface area contributed by atoms with Crippen LogP contribution in [0.5, 0.6) is 11.5 Å². The predicted molar refractivity (Wildman–Crippen MR) is 85.3 cm³/mol. The second kappa shape index (κ2) is 7.71. The van der Waals surface area contributed by atoms with Crippen molar-refractivity contribution in [2.24, 2.45) is 0 Å². The van der Waals surface area contributed by atoms with Crippen LogP contribution in [0.25, 0.3) is 0 Å². The van der Waals surface area contributed by atoms with Crippen molar-refractivity contribution in [3.05, 3.63) is 23.8 Å². The van der Waals surface area contributed by atoms with E-state index in [-0.39, 0.29) is 23.7 Å². The number of methoxy groups -OCH3 is 1. The van der Waals surface area contributed by atoms with Crippen LogP contribution in [0.3, 0.4) is 0 Å². The van der Waals surface area contributed by atoms with Crippen LogP contribution < -0.4 is 15.4 Å². The summed E-state index contributed by atoms with van der Waals surface area (Å²) >= 11 is 0. The highest BCUT2D eigenvalue weighted by Gasteiger charge is 2.23. The fraction of sp³-hybridized carbons (Fsp3) is 0.500. The SMILES string of the molecule is COc1ccc(CNC(=O)N2CCC[C@@H](NC(C)=O)C2)cc1O. The van der Waals surface area contributed by atoms with Crippen LogP contribution in [0.2, 0.25) is 0 Å². The fourth-order valence-electron chi connectivity index (χ4n) is 2.70. The second-order valence-electron chi connectivity index (χ2n) is 5.65. The van der Waals surface area contributed by atoms with Crippen LogP contribution in [0.15, 0.2) is 18.2 Å². The Bertz CT molecular complexity index is 576. The Kier molecular flexibility index (Phi) is 5.67. The summed E-state index contributed by atoms with van der Waals surface area (Å²) in [7, 11) is 1.48. The Hall–Kier alpha value is -2.44. The smallest absolute Gasteiger partial charge is 0.317 e. The van der Waals surface area contributed by atoms with Crippen LogP contribution in [-0.4, -0.2) is 48.2 Å². The van der Waals surface area contributed by atoms with Gasteiger partial charge >= 0.3 is 6.03 Å². The van der Waals surface area contributed by atoms with Crippen molar-refractivity contribution < 1.29 is 19.4 Å². The molecule has 0 radical (unpaired) electrons. The number of carbonyl (C=O) groups is 2. The molecule has 7 nitrogen and oxygen atoms in total. The number of phenols is 1. The number of nitrogens with zero attached hydrogens (tertiary/aromatic N) is 1. The highest BCUT2D eigenvalue weighted by atomic mass is 16.5. The van der Waals surface area contributed by atoms with Gasteiger partial charge in [0.2, 0.25) is 5.91 Å². The maximum atomic E-state index is 12.2. The van der Waals surface area contributed by atoms with Crippen LogP contribution in [-0.2, 0) is 11.3 Å². The molecule has 2 rings (SSSR count). The molecule has 0 saturated carbocycles. The molecular weight excluding hydrogens is 298 g/mol. The number of hydrogen-bond acceptors (Lipinski definition) is 4. The number of piperidine rings is 1. The Morgan fingerprint density at radius 1 is 1.43 bits per heavy atom. The third-order valence-corrected chi connectivity index (χ3v) is 3.80. The molecule has 3 N–H and O–H groups in total.